The fourth-order valence-electron chi connectivity index (χ4n) is 1.22. The lowest BCUT2D eigenvalue weighted by Crippen LogP contribution is -2.11. The van der Waals surface area contributed by atoms with Crippen molar-refractivity contribution in [1.82, 2.24) is 15.0 Å². The van der Waals surface area contributed by atoms with Crippen LogP contribution in [0.2, 0.25) is 0 Å². The van der Waals surface area contributed by atoms with Crippen molar-refractivity contribution in [2.75, 3.05) is 11.9 Å². The summed E-state index contributed by atoms with van der Waals surface area (Å²) in [5, 5.41) is 4.22. The van der Waals surface area contributed by atoms with E-state index in [1.54, 1.807) is 17.7 Å². The Balaban J connectivity index is 2.33. The Labute approximate surface area is 96.7 Å². The fraction of sp³-hybridized carbons (Fsp3) is 0.444. The van der Waals surface area contributed by atoms with Crippen LogP contribution in [0.3, 0.4) is 0 Å². The number of aryl methyl sites for hydroxylation is 1. The Kier molecular flexibility index (Phi) is 3.02. The van der Waals surface area contributed by atoms with Gasteiger partial charge in [0, 0.05) is 11.9 Å². The van der Waals surface area contributed by atoms with E-state index in [1.165, 1.54) is 0 Å². The predicted octanol–water partition coefficient (Wildman–Crippen LogP) is 2.43. The van der Waals surface area contributed by atoms with Gasteiger partial charge in [-0.1, -0.05) is 11.3 Å². The molecular formula is C9H11ClN4S. The second kappa shape index (κ2) is 4.28. The van der Waals surface area contributed by atoms with Crippen LogP contribution >= 0.6 is 22.9 Å². The van der Waals surface area contributed by atoms with Crippen molar-refractivity contribution in [2.24, 2.45) is 0 Å². The van der Waals surface area contributed by atoms with E-state index in [0.29, 0.717) is 6.54 Å². The van der Waals surface area contributed by atoms with E-state index in [9.17, 15) is 0 Å². The third-order valence-electron chi connectivity index (χ3n) is 1.85. The van der Waals surface area contributed by atoms with Gasteiger partial charge in [-0.15, -0.1) is 11.6 Å². The molecule has 6 heteroatoms. The monoisotopic (exact) mass is 242 g/mol. The molecule has 80 valence electrons. The molecule has 0 radical (unpaired) electrons. The molecule has 2 rings (SSSR count). The van der Waals surface area contributed by atoms with E-state index in [4.69, 9.17) is 11.6 Å². The van der Waals surface area contributed by atoms with Crippen molar-refractivity contribution < 1.29 is 0 Å². The van der Waals surface area contributed by atoms with Gasteiger partial charge in [-0.25, -0.2) is 15.0 Å². The van der Waals surface area contributed by atoms with Crippen molar-refractivity contribution in [3.05, 3.63) is 11.3 Å². The molecule has 0 aromatic carbocycles. The minimum absolute atomic E-state index is 0.0646. The predicted molar refractivity (Wildman–Crippen MR) is 63.8 cm³/mol. The molecule has 1 N–H and O–H groups in total. The number of fused-ring (bicyclic) bond motifs is 1. The average molecular weight is 243 g/mol. The van der Waals surface area contributed by atoms with Crippen LogP contribution in [0.5, 0.6) is 0 Å². The molecule has 1 unspecified atom stereocenters. The summed E-state index contributed by atoms with van der Waals surface area (Å²) in [6, 6.07) is 0. The topological polar surface area (TPSA) is 50.7 Å². The van der Waals surface area contributed by atoms with Gasteiger partial charge in [-0.3, -0.25) is 0 Å². The van der Waals surface area contributed by atoms with E-state index >= 15 is 0 Å². The summed E-state index contributed by atoms with van der Waals surface area (Å²) < 4.78 is 0. The number of alkyl halides is 1. The number of nitrogens with one attached hydrogen (secondary N) is 1. The molecular weight excluding hydrogens is 232 g/mol. The fourth-order valence-corrected chi connectivity index (χ4v) is 2.06. The van der Waals surface area contributed by atoms with Crippen molar-refractivity contribution in [3.8, 4) is 0 Å². The highest BCUT2D eigenvalue weighted by atomic mass is 35.5. The molecule has 1 atom stereocenters. The second-order valence-electron chi connectivity index (χ2n) is 3.27. The molecule has 0 amide bonds. The zero-order valence-corrected chi connectivity index (χ0v) is 10.1. The highest BCUT2D eigenvalue weighted by Gasteiger charge is 2.08. The molecule has 2 aromatic rings. The largest absolute Gasteiger partial charge is 0.367 e. The third kappa shape index (κ3) is 2.35. The Bertz CT molecular complexity index is 468. The van der Waals surface area contributed by atoms with E-state index < -0.39 is 0 Å². The smallest absolute Gasteiger partial charge is 0.157 e. The van der Waals surface area contributed by atoms with Crippen LogP contribution in [0.4, 0.5) is 5.82 Å². The van der Waals surface area contributed by atoms with Gasteiger partial charge in [0.05, 0.1) is 5.01 Å². The molecule has 4 nitrogen and oxygen atoms in total. The molecule has 2 heterocycles. The molecule has 15 heavy (non-hydrogen) atoms. The Morgan fingerprint density at radius 1 is 1.53 bits per heavy atom. The number of nitrogens with zero attached hydrogens (tertiary/aromatic N) is 3. The number of hydrogen-bond acceptors (Lipinski definition) is 5. The molecule has 0 saturated heterocycles. The summed E-state index contributed by atoms with van der Waals surface area (Å²) in [6.45, 7) is 4.56. The van der Waals surface area contributed by atoms with Gasteiger partial charge in [0.25, 0.3) is 0 Å². The van der Waals surface area contributed by atoms with E-state index in [2.05, 4.69) is 20.3 Å². The minimum atomic E-state index is 0.0646. The highest BCUT2D eigenvalue weighted by Crippen LogP contribution is 2.23. The first kappa shape index (κ1) is 10.6. The van der Waals surface area contributed by atoms with Crippen LogP contribution < -0.4 is 5.32 Å². The summed E-state index contributed by atoms with van der Waals surface area (Å²) in [5.41, 5.74) is 0.831. The molecule has 0 aliphatic carbocycles. The van der Waals surface area contributed by atoms with E-state index in [0.717, 1.165) is 21.2 Å². The second-order valence-corrected chi connectivity index (χ2v) is 5.20. The van der Waals surface area contributed by atoms with Gasteiger partial charge in [-0.2, -0.15) is 0 Å². The standard InChI is InChI=1S/C9H11ClN4S/c1-5(10)3-11-8-7-9(13-4-12-8)15-6(2)14-7/h4-5H,3H2,1-2H3,(H,11,12,13). The number of thiazole rings is 1. The maximum Gasteiger partial charge on any atom is 0.157 e. The lowest BCUT2D eigenvalue weighted by molar-refractivity contribution is 0.977. The number of anilines is 1. The third-order valence-corrected chi connectivity index (χ3v) is 2.89. The lowest BCUT2D eigenvalue weighted by atomic mass is 10.4. The van der Waals surface area contributed by atoms with Crippen molar-refractivity contribution in [1.29, 1.82) is 0 Å². The van der Waals surface area contributed by atoms with E-state index in [-0.39, 0.29) is 5.38 Å². The molecule has 2 aromatic heterocycles. The van der Waals surface area contributed by atoms with Crippen molar-refractivity contribution in [2.45, 2.75) is 19.2 Å². The van der Waals surface area contributed by atoms with Gasteiger partial charge in [0.1, 0.15) is 16.7 Å². The molecule has 0 fully saturated rings. The summed E-state index contributed by atoms with van der Waals surface area (Å²) >= 11 is 7.43. The van der Waals surface area contributed by atoms with Crippen LogP contribution in [-0.2, 0) is 0 Å². The molecule has 0 aliphatic rings. The molecule has 0 aliphatic heterocycles. The van der Waals surface area contributed by atoms with Crippen LogP contribution in [-0.4, -0.2) is 26.9 Å². The number of halogens is 1. The van der Waals surface area contributed by atoms with Gasteiger partial charge in [-0.05, 0) is 13.8 Å². The molecule has 0 saturated carbocycles. The summed E-state index contributed by atoms with van der Waals surface area (Å²) in [7, 11) is 0. The number of rotatable bonds is 3. The summed E-state index contributed by atoms with van der Waals surface area (Å²) in [6.07, 6.45) is 1.54. The first-order valence-electron chi connectivity index (χ1n) is 4.63. The zero-order valence-electron chi connectivity index (χ0n) is 8.49. The maximum atomic E-state index is 5.86. The van der Waals surface area contributed by atoms with Gasteiger partial charge >= 0.3 is 0 Å². The first-order valence-corrected chi connectivity index (χ1v) is 5.88. The van der Waals surface area contributed by atoms with E-state index in [1.807, 2.05) is 13.8 Å². The molecule has 0 bridgehead atoms. The Morgan fingerprint density at radius 2 is 2.33 bits per heavy atom. The Hall–Kier alpha value is -0.940. The normalized spacial score (nSPS) is 13.0. The first-order chi connectivity index (χ1) is 7.16. The summed E-state index contributed by atoms with van der Waals surface area (Å²) in [5.74, 6) is 0.761. The maximum absolute atomic E-state index is 5.86. The van der Waals surface area contributed by atoms with Crippen molar-refractivity contribution >= 4 is 39.1 Å². The van der Waals surface area contributed by atoms with Gasteiger partial charge in [0.2, 0.25) is 0 Å². The van der Waals surface area contributed by atoms with Crippen LogP contribution in [0.1, 0.15) is 11.9 Å². The van der Waals surface area contributed by atoms with Crippen molar-refractivity contribution in [3.63, 3.8) is 0 Å². The Morgan fingerprint density at radius 3 is 3.07 bits per heavy atom. The zero-order chi connectivity index (χ0) is 10.8. The van der Waals surface area contributed by atoms with Gasteiger partial charge < -0.3 is 5.32 Å². The van der Waals surface area contributed by atoms with Crippen LogP contribution in [0.25, 0.3) is 10.3 Å². The van der Waals surface area contributed by atoms with Crippen LogP contribution in [0, 0.1) is 6.92 Å². The minimum Gasteiger partial charge on any atom is -0.367 e. The average Bonchev–Trinajstić information content (AvgIpc) is 2.55. The molecule has 0 spiro atoms. The lowest BCUT2D eigenvalue weighted by Gasteiger charge is -2.06. The quantitative estimate of drug-likeness (QED) is 0.840. The SMILES string of the molecule is Cc1nc2c(NCC(C)Cl)ncnc2s1. The van der Waals surface area contributed by atoms with Crippen LogP contribution in [0.15, 0.2) is 6.33 Å². The number of aromatic nitrogens is 3. The summed E-state index contributed by atoms with van der Waals surface area (Å²) in [4.78, 5) is 13.6. The number of hydrogen-bond donors (Lipinski definition) is 1. The van der Waals surface area contributed by atoms with Gasteiger partial charge in [0.15, 0.2) is 5.82 Å². The highest BCUT2D eigenvalue weighted by molar-refractivity contribution is 7.18.